The maximum Gasteiger partial charge on any atom is 0.195 e. The number of benzene rings is 2. The smallest absolute Gasteiger partial charge is 0.195 e. The summed E-state index contributed by atoms with van der Waals surface area (Å²) in [6.45, 7) is 5.43. The molecule has 0 saturated heterocycles. The normalized spacial score (nSPS) is 17.0. The molecule has 0 radical (unpaired) electrons. The highest BCUT2D eigenvalue weighted by Crippen LogP contribution is 2.44. The molecule has 0 unspecified atom stereocenters. The Morgan fingerprint density at radius 1 is 1.10 bits per heavy atom. The average Bonchev–Trinajstić information content (AvgIpc) is 3.09. The van der Waals surface area contributed by atoms with Gasteiger partial charge in [-0.15, -0.1) is 0 Å². The van der Waals surface area contributed by atoms with Crippen LogP contribution in [-0.4, -0.2) is 51.5 Å². The lowest BCUT2D eigenvalue weighted by atomic mass is 9.71. The van der Waals surface area contributed by atoms with E-state index in [0.717, 1.165) is 33.3 Å². The Bertz CT molecular complexity index is 1100. The summed E-state index contributed by atoms with van der Waals surface area (Å²) in [5.74, 6) is 0.470. The van der Waals surface area contributed by atoms with Crippen LogP contribution in [0.15, 0.2) is 36.4 Å². The lowest BCUT2D eigenvalue weighted by Crippen LogP contribution is -2.34. The number of rotatable bonds is 5. The molecule has 1 heterocycles. The first-order valence-corrected chi connectivity index (χ1v) is 9.66. The van der Waals surface area contributed by atoms with Gasteiger partial charge in [0.2, 0.25) is 0 Å². The standard InChI is InChI=1S/C23H25NO5/c1-12-4-7-17-15(8-12)20-21(28)14-6-5-13(29-11-19(27)18(26)10-25)9-16(14)23(2,3)22(20)24-17/h4-9,18-19,24-27H,10-11H2,1-3H3/t18-,19-/m1/s1. The number of aryl methyl sites for hydroxylation is 1. The molecule has 0 saturated carbocycles. The van der Waals surface area contributed by atoms with Crippen molar-refractivity contribution in [3.8, 4) is 5.75 Å². The van der Waals surface area contributed by atoms with Crippen molar-refractivity contribution in [3.05, 3.63) is 64.3 Å². The van der Waals surface area contributed by atoms with Gasteiger partial charge in [-0.1, -0.05) is 25.5 Å². The van der Waals surface area contributed by atoms with Crippen molar-refractivity contribution in [2.45, 2.75) is 38.4 Å². The summed E-state index contributed by atoms with van der Waals surface area (Å²) < 4.78 is 5.61. The first kappa shape index (κ1) is 19.6. The molecule has 1 aliphatic carbocycles. The first-order chi connectivity index (χ1) is 13.7. The summed E-state index contributed by atoms with van der Waals surface area (Å²) in [7, 11) is 0. The van der Waals surface area contributed by atoms with E-state index in [2.05, 4.69) is 18.8 Å². The van der Waals surface area contributed by atoms with Crippen LogP contribution >= 0.6 is 0 Å². The number of fused-ring (bicyclic) bond motifs is 4. The molecule has 0 fully saturated rings. The molecule has 29 heavy (non-hydrogen) atoms. The lowest BCUT2D eigenvalue weighted by molar-refractivity contribution is -0.0339. The fourth-order valence-electron chi connectivity index (χ4n) is 4.02. The molecule has 0 aliphatic heterocycles. The first-order valence-electron chi connectivity index (χ1n) is 9.66. The monoisotopic (exact) mass is 395 g/mol. The Morgan fingerprint density at radius 3 is 2.59 bits per heavy atom. The van der Waals surface area contributed by atoms with E-state index < -0.39 is 24.2 Å². The largest absolute Gasteiger partial charge is 0.491 e. The highest BCUT2D eigenvalue weighted by atomic mass is 16.5. The molecule has 0 bridgehead atoms. The third-order valence-corrected chi connectivity index (χ3v) is 5.77. The van der Waals surface area contributed by atoms with E-state index in [4.69, 9.17) is 9.84 Å². The van der Waals surface area contributed by atoms with Crippen LogP contribution in [0.1, 0.15) is 46.6 Å². The van der Waals surface area contributed by atoms with Crippen LogP contribution < -0.4 is 4.74 Å². The number of ketones is 1. The number of carbonyl (C=O) groups is 1. The van der Waals surface area contributed by atoms with Crippen LogP contribution in [0.4, 0.5) is 0 Å². The molecular formula is C23H25NO5. The van der Waals surface area contributed by atoms with E-state index in [1.807, 2.05) is 31.2 Å². The van der Waals surface area contributed by atoms with Gasteiger partial charge < -0.3 is 25.0 Å². The number of H-pyrrole nitrogens is 1. The van der Waals surface area contributed by atoms with Crippen molar-refractivity contribution in [3.63, 3.8) is 0 Å². The third kappa shape index (κ3) is 3.13. The summed E-state index contributed by atoms with van der Waals surface area (Å²) in [5, 5.41) is 29.1. The number of hydrogen-bond donors (Lipinski definition) is 4. The summed E-state index contributed by atoms with van der Waals surface area (Å²) in [5.41, 5.74) is 4.66. The molecule has 6 heteroatoms. The Morgan fingerprint density at radius 2 is 1.86 bits per heavy atom. The van der Waals surface area contributed by atoms with Crippen molar-refractivity contribution < 1.29 is 24.9 Å². The maximum absolute atomic E-state index is 13.3. The molecule has 152 valence electrons. The summed E-state index contributed by atoms with van der Waals surface area (Å²) in [6.07, 6.45) is -2.46. The maximum atomic E-state index is 13.3. The highest BCUT2D eigenvalue weighted by molar-refractivity contribution is 6.20. The molecule has 6 nitrogen and oxygen atoms in total. The number of carbonyl (C=O) groups excluding carboxylic acids is 1. The number of aromatic amines is 1. The van der Waals surface area contributed by atoms with Crippen LogP contribution in [0.2, 0.25) is 0 Å². The Balaban J connectivity index is 1.74. The Labute approximate surface area is 168 Å². The fourth-order valence-corrected chi connectivity index (χ4v) is 4.02. The van der Waals surface area contributed by atoms with Crippen molar-refractivity contribution in [1.82, 2.24) is 4.98 Å². The number of aliphatic hydroxyl groups excluding tert-OH is 3. The van der Waals surface area contributed by atoms with Crippen LogP contribution in [0.3, 0.4) is 0 Å². The van der Waals surface area contributed by atoms with Gasteiger partial charge in [-0.2, -0.15) is 0 Å². The summed E-state index contributed by atoms with van der Waals surface area (Å²) >= 11 is 0. The number of nitrogens with one attached hydrogen (secondary N) is 1. The predicted octanol–water partition coefficient (Wildman–Crippen LogP) is 2.44. The predicted molar refractivity (Wildman–Crippen MR) is 110 cm³/mol. The molecule has 0 amide bonds. The summed E-state index contributed by atoms with van der Waals surface area (Å²) in [4.78, 5) is 16.8. The number of aromatic nitrogens is 1. The fraction of sp³-hybridized carbons (Fsp3) is 0.348. The third-order valence-electron chi connectivity index (χ3n) is 5.77. The van der Waals surface area contributed by atoms with Crippen LogP contribution in [0, 0.1) is 6.92 Å². The molecular weight excluding hydrogens is 370 g/mol. The minimum atomic E-state index is -1.26. The van der Waals surface area contributed by atoms with Gasteiger partial charge >= 0.3 is 0 Å². The average molecular weight is 395 g/mol. The minimum absolute atomic E-state index is 0.0199. The molecule has 2 atom stereocenters. The molecule has 1 aromatic heterocycles. The summed E-state index contributed by atoms with van der Waals surface area (Å²) in [6, 6.07) is 11.3. The molecule has 4 N–H and O–H groups in total. The van der Waals surface area contributed by atoms with Crippen LogP contribution in [0.5, 0.6) is 5.75 Å². The second-order valence-corrected chi connectivity index (χ2v) is 8.21. The molecule has 3 aromatic rings. The minimum Gasteiger partial charge on any atom is -0.491 e. The van der Waals surface area contributed by atoms with Gasteiger partial charge in [0.1, 0.15) is 24.6 Å². The quantitative estimate of drug-likeness (QED) is 0.531. The van der Waals surface area contributed by atoms with Crippen molar-refractivity contribution in [2.24, 2.45) is 0 Å². The van der Waals surface area contributed by atoms with Crippen molar-refractivity contribution in [1.29, 1.82) is 0 Å². The van der Waals surface area contributed by atoms with E-state index in [9.17, 15) is 15.0 Å². The van der Waals surface area contributed by atoms with Gasteiger partial charge in [0.15, 0.2) is 5.78 Å². The highest BCUT2D eigenvalue weighted by Gasteiger charge is 2.39. The van der Waals surface area contributed by atoms with E-state index in [-0.39, 0.29) is 12.4 Å². The second-order valence-electron chi connectivity index (χ2n) is 8.21. The SMILES string of the molecule is Cc1ccc2[nH]c3c(c2c1)C(=O)c1ccc(OC[C@@H](O)[C@H](O)CO)cc1C3(C)C. The van der Waals surface area contributed by atoms with Crippen LogP contribution in [0.25, 0.3) is 10.9 Å². The molecule has 2 aromatic carbocycles. The topological polar surface area (TPSA) is 103 Å². The van der Waals surface area contributed by atoms with E-state index in [0.29, 0.717) is 11.3 Å². The van der Waals surface area contributed by atoms with E-state index in [1.54, 1.807) is 12.1 Å². The zero-order valence-electron chi connectivity index (χ0n) is 16.7. The van der Waals surface area contributed by atoms with Gasteiger partial charge in [-0.3, -0.25) is 4.79 Å². The van der Waals surface area contributed by atoms with Crippen LogP contribution in [-0.2, 0) is 5.41 Å². The number of hydrogen-bond acceptors (Lipinski definition) is 5. The van der Waals surface area contributed by atoms with Gasteiger partial charge in [0.05, 0.1) is 12.2 Å². The van der Waals surface area contributed by atoms with Crippen molar-refractivity contribution >= 4 is 16.7 Å². The van der Waals surface area contributed by atoms with Crippen molar-refractivity contribution in [2.75, 3.05) is 13.2 Å². The van der Waals surface area contributed by atoms with E-state index >= 15 is 0 Å². The molecule has 4 rings (SSSR count). The Hall–Kier alpha value is -2.67. The molecule has 1 aliphatic rings. The van der Waals surface area contributed by atoms with E-state index in [1.165, 1.54) is 0 Å². The van der Waals surface area contributed by atoms with Gasteiger partial charge in [0, 0.05) is 27.6 Å². The zero-order valence-corrected chi connectivity index (χ0v) is 16.7. The van der Waals surface area contributed by atoms with Gasteiger partial charge in [-0.25, -0.2) is 0 Å². The van der Waals surface area contributed by atoms with Gasteiger partial charge in [-0.05, 0) is 42.8 Å². The Kier molecular flexibility index (Phi) is 4.73. The molecule has 0 spiro atoms. The number of ether oxygens (including phenoxy) is 1. The second kappa shape index (κ2) is 6.99. The van der Waals surface area contributed by atoms with Gasteiger partial charge in [0.25, 0.3) is 0 Å². The lowest BCUT2D eigenvalue weighted by Gasteiger charge is -2.32. The zero-order chi connectivity index (χ0) is 20.9. The number of aliphatic hydroxyl groups is 3.